The third-order valence-electron chi connectivity index (χ3n) is 3.41. The Labute approximate surface area is 114 Å². The quantitative estimate of drug-likeness (QED) is 0.653. The summed E-state index contributed by atoms with van der Waals surface area (Å²) in [5, 5.41) is 25.1. The second kappa shape index (κ2) is 5.19. The minimum absolute atomic E-state index is 0.0289. The number of hydrogen-bond acceptors (Lipinski definition) is 7. The first-order valence-corrected chi connectivity index (χ1v) is 6.33. The third kappa shape index (κ3) is 2.29. The summed E-state index contributed by atoms with van der Waals surface area (Å²) in [5.74, 6) is 1.17. The maximum Gasteiger partial charge on any atom is 0.311 e. The van der Waals surface area contributed by atoms with E-state index in [4.69, 9.17) is 0 Å². The number of piperidine rings is 1. The van der Waals surface area contributed by atoms with Crippen LogP contribution in [0.4, 0.5) is 11.5 Å². The van der Waals surface area contributed by atoms with Gasteiger partial charge in [-0.15, -0.1) is 10.2 Å². The van der Waals surface area contributed by atoms with Gasteiger partial charge in [-0.3, -0.25) is 10.1 Å². The van der Waals surface area contributed by atoms with Gasteiger partial charge < -0.3 is 4.90 Å². The Balaban J connectivity index is 1.86. The number of hydrogen-bond donors (Lipinski definition) is 1. The molecule has 1 atom stereocenters. The van der Waals surface area contributed by atoms with E-state index >= 15 is 0 Å². The Morgan fingerprint density at radius 2 is 2.40 bits per heavy atom. The highest BCUT2D eigenvalue weighted by atomic mass is 16.6. The zero-order valence-corrected chi connectivity index (χ0v) is 10.6. The van der Waals surface area contributed by atoms with Crippen molar-refractivity contribution >= 4 is 11.5 Å². The standard InChI is InChI=1S/C11H13N7O2/c19-18(20)9-4-1-5-12-11(9)17-6-2-3-8(7-17)10-13-15-16-14-10/h1,4-5,8H,2-3,6-7H2,(H,13,14,15,16). The lowest BCUT2D eigenvalue weighted by Gasteiger charge is -2.31. The Morgan fingerprint density at radius 3 is 3.15 bits per heavy atom. The van der Waals surface area contributed by atoms with Crippen LogP contribution in [-0.4, -0.2) is 43.6 Å². The summed E-state index contributed by atoms with van der Waals surface area (Å²) in [4.78, 5) is 16.8. The molecule has 1 aliphatic rings. The van der Waals surface area contributed by atoms with E-state index in [9.17, 15) is 10.1 Å². The van der Waals surface area contributed by atoms with E-state index in [1.54, 1.807) is 12.3 Å². The molecule has 1 unspecified atom stereocenters. The summed E-state index contributed by atoms with van der Waals surface area (Å²) in [6, 6.07) is 3.04. The number of nitrogens with zero attached hydrogens (tertiary/aromatic N) is 6. The first kappa shape index (κ1) is 12.5. The molecule has 1 fully saturated rings. The maximum atomic E-state index is 11.1. The van der Waals surface area contributed by atoms with Gasteiger partial charge >= 0.3 is 5.69 Å². The highest BCUT2D eigenvalue weighted by Gasteiger charge is 2.28. The fourth-order valence-electron chi connectivity index (χ4n) is 2.50. The van der Waals surface area contributed by atoms with Crippen molar-refractivity contribution in [2.75, 3.05) is 18.0 Å². The molecule has 0 aliphatic carbocycles. The normalized spacial score (nSPS) is 19.0. The molecule has 3 rings (SSSR count). The van der Waals surface area contributed by atoms with Crippen LogP contribution < -0.4 is 4.90 Å². The van der Waals surface area contributed by atoms with Gasteiger partial charge in [0.15, 0.2) is 5.82 Å². The van der Waals surface area contributed by atoms with Gasteiger partial charge in [0.25, 0.3) is 0 Å². The number of aromatic amines is 1. The van der Waals surface area contributed by atoms with E-state index in [1.165, 1.54) is 6.07 Å². The molecule has 1 saturated heterocycles. The smallest absolute Gasteiger partial charge is 0.311 e. The van der Waals surface area contributed by atoms with Crippen molar-refractivity contribution in [2.45, 2.75) is 18.8 Å². The summed E-state index contributed by atoms with van der Waals surface area (Å²) < 4.78 is 0. The predicted molar refractivity (Wildman–Crippen MR) is 69.3 cm³/mol. The molecular formula is C11H13N7O2. The predicted octanol–water partition coefficient (Wildman–Crippen LogP) is 0.887. The van der Waals surface area contributed by atoms with Crippen molar-refractivity contribution in [3.05, 3.63) is 34.3 Å². The highest BCUT2D eigenvalue weighted by Crippen LogP contribution is 2.31. The van der Waals surface area contributed by atoms with Crippen LogP contribution in [0.1, 0.15) is 24.6 Å². The molecule has 0 radical (unpaired) electrons. The second-order valence-electron chi connectivity index (χ2n) is 4.66. The molecule has 9 heteroatoms. The molecule has 20 heavy (non-hydrogen) atoms. The molecule has 104 valence electrons. The van der Waals surface area contributed by atoms with Gasteiger partial charge in [0, 0.05) is 31.3 Å². The number of H-pyrrole nitrogens is 1. The van der Waals surface area contributed by atoms with Crippen LogP contribution in [0, 0.1) is 10.1 Å². The second-order valence-corrected chi connectivity index (χ2v) is 4.66. The molecule has 3 heterocycles. The number of tetrazole rings is 1. The average molecular weight is 275 g/mol. The largest absolute Gasteiger partial charge is 0.350 e. The number of nitro groups is 1. The summed E-state index contributed by atoms with van der Waals surface area (Å²) in [6.07, 6.45) is 3.42. The zero-order valence-electron chi connectivity index (χ0n) is 10.6. The van der Waals surface area contributed by atoms with E-state index in [1.807, 2.05) is 4.90 Å². The topological polar surface area (TPSA) is 114 Å². The van der Waals surface area contributed by atoms with Crippen LogP contribution in [0.2, 0.25) is 0 Å². The van der Waals surface area contributed by atoms with E-state index in [0.29, 0.717) is 18.2 Å². The van der Waals surface area contributed by atoms with Crippen molar-refractivity contribution in [2.24, 2.45) is 0 Å². The van der Waals surface area contributed by atoms with E-state index in [-0.39, 0.29) is 11.6 Å². The van der Waals surface area contributed by atoms with Crippen LogP contribution in [0.25, 0.3) is 0 Å². The summed E-state index contributed by atoms with van der Waals surface area (Å²) in [7, 11) is 0. The Hall–Kier alpha value is -2.58. The first-order chi connectivity index (χ1) is 9.75. The fraction of sp³-hybridized carbons (Fsp3) is 0.455. The Morgan fingerprint density at radius 1 is 1.50 bits per heavy atom. The molecule has 0 spiro atoms. The third-order valence-corrected chi connectivity index (χ3v) is 3.41. The van der Waals surface area contributed by atoms with Crippen LogP contribution >= 0.6 is 0 Å². The van der Waals surface area contributed by atoms with E-state index in [0.717, 1.165) is 19.4 Å². The Kier molecular flexibility index (Phi) is 3.23. The van der Waals surface area contributed by atoms with Gasteiger partial charge in [0.2, 0.25) is 5.82 Å². The number of anilines is 1. The lowest BCUT2D eigenvalue weighted by molar-refractivity contribution is -0.384. The van der Waals surface area contributed by atoms with Crippen LogP contribution in [0.15, 0.2) is 18.3 Å². The van der Waals surface area contributed by atoms with Crippen LogP contribution in [-0.2, 0) is 0 Å². The van der Waals surface area contributed by atoms with Crippen molar-refractivity contribution in [1.29, 1.82) is 0 Å². The minimum atomic E-state index is -0.402. The molecule has 0 aromatic carbocycles. The zero-order chi connectivity index (χ0) is 13.9. The molecule has 2 aromatic rings. The van der Waals surface area contributed by atoms with Gasteiger partial charge in [0.05, 0.1) is 4.92 Å². The van der Waals surface area contributed by atoms with E-state index in [2.05, 4.69) is 25.6 Å². The maximum absolute atomic E-state index is 11.1. The molecule has 0 amide bonds. The fourth-order valence-corrected chi connectivity index (χ4v) is 2.50. The molecular weight excluding hydrogens is 262 g/mol. The van der Waals surface area contributed by atoms with Gasteiger partial charge in [0.1, 0.15) is 0 Å². The van der Waals surface area contributed by atoms with Gasteiger partial charge in [-0.05, 0) is 18.9 Å². The molecule has 2 aromatic heterocycles. The highest BCUT2D eigenvalue weighted by molar-refractivity contribution is 5.57. The van der Waals surface area contributed by atoms with Crippen molar-refractivity contribution in [3.63, 3.8) is 0 Å². The number of rotatable bonds is 3. The summed E-state index contributed by atoms with van der Waals surface area (Å²) in [5.41, 5.74) is 0.0289. The van der Waals surface area contributed by atoms with Crippen molar-refractivity contribution in [3.8, 4) is 0 Å². The van der Waals surface area contributed by atoms with Crippen molar-refractivity contribution in [1.82, 2.24) is 25.6 Å². The van der Waals surface area contributed by atoms with Crippen LogP contribution in [0.3, 0.4) is 0 Å². The van der Waals surface area contributed by atoms with Gasteiger partial charge in [-0.1, -0.05) is 5.21 Å². The Bertz CT molecular complexity index is 601. The lowest BCUT2D eigenvalue weighted by Crippen LogP contribution is -2.35. The number of pyridine rings is 1. The lowest BCUT2D eigenvalue weighted by atomic mass is 9.97. The number of aromatic nitrogens is 5. The molecule has 0 saturated carbocycles. The molecule has 1 N–H and O–H groups in total. The SMILES string of the molecule is O=[N+]([O-])c1cccnc1N1CCCC(c2nn[nH]n2)C1. The molecule has 9 nitrogen and oxygen atoms in total. The van der Waals surface area contributed by atoms with Crippen LogP contribution in [0.5, 0.6) is 0 Å². The van der Waals surface area contributed by atoms with Gasteiger partial charge in [-0.2, -0.15) is 5.21 Å². The summed E-state index contributed by atoms with van der Waals surface area (Å²) in [6.45, 7) is 1.35. The monoisotopic (exact) mass is 275 g/mol. The van der Waals surface area contributed by atoms with E-state index < -0.39 is 4.92 Å². The number of nitrogens with one attached hydrogen (secondary N) is 1. The van der Waals surface area contributed by atoms with Crippen molar-refractivity contribution < 1.29 is 4.92 Å². The summed E-state index contributed by atoms with van der Waals surface area (Å²) >= 11 is 0. The average Bonchev–Trinajstić information content (AvgIpc) is 3.01. The molecule has 1 aliphatic heterocycles. The molecule has 0 bridgehead atoms. The first-order valence-electron chi connectivity index (χ1n) is 6.33. The van der Waals surface area contributed by atoms with Gasteiger partial charge in [-0.25, -0.2) is 4.98 Å². The minimum Gasteiger partial charge on any atom is -0.350 e.